The number of benzene rings is 1. The van der Waals surface area contributed by atoms with Crippen LogP contribution in [0.4, 0.5) is 8.78 Å². The Bertz CT molecular complexity index is 440. The lowest BCUT2D eigenvalue weighted by Crippen LogP contribution is -2.41. The summed E-state index contributed by atoms with van der Waals surface area (Å²) < 4.78 is 32.1. The van der Waals surface area contributed by atoms with Gasteiger partial charge in [0.1, 0.15) is 0 Å². The average Bonchev–Trinajstić information content (AvgIpc) is 2.42. The minimum absolute atomic E-state index is 0.249. The molecule has 0 amide bonds. The van der Waals surface area contributed by atoms with Crippen LogP contribution in [-0.4, -0.2) is 38.3 Å². The Morgan fingerprint density at radius 1 is 1.45 bits per heavy atom. The Hall–Kier alpha value is -1.04. The summed E-state index contributed by atoms with van der Waals surface area (Å²) in [5.74, 6) is -1.17. The smallest absolute Gasteiger partial charge is 0.163 e. The lowest BCUT2D eigenvalue weighted by molar-refractivity contribution is 0.0876. The lowest BCUT2D eigenvalue weighted by Gasteiger charge is -2.34. The Balaban J connectivity index is 1.97. The zero-order chi connectivity index (χ0) is 14.5. The van der Waals surface area contributed by atoms with E-state index in [0.29, 0.717) is 12.5 Å². The van der Waals surface area contributed by atoms with Gasteiger partial charge in [0.2, 0.25) is 0 Å². The highest BCUT2D eigenvalue weighted by atomic mass is 19.2. The fourth-order valence-corrected chi connectivity index (χ4v) is 2.87. The summed E-state index contributed by atoms with van der Waals surface area (Å²) in [5.41, 5.74) is 6.28. The fourth-order valence-electron chi connectivity index (χ4n) is 2.87. The fraction of sp³-hybridized carbons (Fsp3) is 0.600. The molecule has 0 aromatic heterocycles. The number of rotatable bonds is 5. The molecule has 1 saturated heterocycles. The molecule has 1 aromatic rings. The van der Waals surface area contributed by atoms with E-state index in [1.165, 1.54) is 6.07 Å². The van der Waals surface area contributed by atoms with Crippen LogP contribution in [0.2, 0.25) is 0 Å². The molecule has 0 radical (unpaired) electrons. The van der Waals surface area contributed by atoms with Crippen molar-refractivity contribution in [2.24, 2.45) is 11.7 Å². The molecule has 1 aromatic carbocycles. The molecule has 2 N–H and O–H groups in total. The van der Waals surface area contributed by atoms with Gasteiger partial charge in [0.25, 0.3) is 0 Å². The first-order valence-electron chi connectivity index (χ1n) is 7.02. The standard InChI is InChI=1S/C15H22F2N2O/c1-20-10-11-4-3-7-19(8-11)9-14(18)12-5-2-6-13(16)15(12)17/h2,5-6,11,14H,3-4,7-10,18H2,1H3. The van der Waals surface area contributed by atoms with Crippen molar-refractivity contribution in [1.82, 2.24) is 4.90 Å². The van der Waals surface area contributed by atoms with Gasteiger partial charge < -0.3 is 15.4 Å². The highest BCUT2D eigenvalue weighted by Crippen LogP contribution is 2.22. The predicted molar refractivity (Wildman–Crippen MR) is 74.3 cm³/mol. The van der Waals surface area contributed by atoms with Crippen molar-refractivity contribution < 1.29 is 13.5 Å². The van der Waals surface area contributed by atoms with E-state index in [1.807, 2.05) is 0 Å². The van der Waals surface area contributed by atoms with Crippen LogP contribution in [0, 0.1) is 17.6 Å². The van der Waals surface area contributed by atoms with Gasteiger partial charge in [0, 0.05) is 31.8 Å². The van der Waals surface area contributed by atoms with Crippen LogP contribution in [0.1, 0.15) is 24.4 Å². The molecule has 1 fully saturated rings. The van der Waals surface area contributed by atoms with Crippen molar-refractivity contribution >= 4 is 0 Å². The molecule has 2 unspecified atom stereocenters. The molecular formula is C15H22F2N2O. The maximum Gasteiger partial charge on any atom is 0.163 e. The number of hydrogen-bond donors (Lipinski definition) is 1. The molecule has 1 aliphatic rings. The summed E-state index contributed by atoms with van der Waals surface area (Å²) in [6, 6.07) is 3.66. The number of nitrogens with zero attached hydrogens (tertiary/aromatic N) is 1. The van der Waals surface area contributed by atoms with E-state index in [0.717, 1.165) is 38.6 Å². The van der Waals surface area contributed by atoms with Gasteiger partial charge in [-0.25, -0.2) is 8.78 Å². The molecule has 0 aliphatic carbocycles. The quantitative estimate of drug-likeness (QED) is 0.902. The van der Waals surface area contributed by atoms with Gasteiger partial charge in [0.15, 0.2) is 11.6 Å². The molecule has 1 heterocycles. The highest BCUT2D eigenvalue weighted by Gasteiger charge is 2.23. The molecule has 5 heteroatoms. The predicted octanol–water partition coefficient (Wildman–Crippen LogP) is 2.32. The minimum Gasteiger partial charge on any atom is -0.384 e. The Morgan fingerprint density at radius 3 is 3.00 bits per heavy atom. The average molecular weight is 284 g/mol. The molecule has 0 saturated carbocycles. The molecule has 112 valence electrons. The van der Waals surface area contributed by atoms with Crippen LogP contribution in [0.25, 0.3) is 0 Å². The highest BCUT2D eigenvalue weighted by molar-refractivity contribution is 5.22. The molecule has 2 atom stereocenters. The number of methoxy groups -OCH3 is 1. The molecule has 0 bridgehead atoms. The van der Waals surface area contributed by atoms with E-state index in [2.05, 4.69) is 4.90 Å². The second-order valence-electron chi connectivity index (χ2n) is 5.47. The molecule has 20 heavy (non-hydrogen) atoms. The topological polar surface area (TPSA) is 38.5 Å². The van der Waals surface area contributed by atoms with Gasteiger partial charge in [-0.2, -0.15) is 0 Å². The second kappa shape index (κ2) is 7.11. The van der Waals surface area contributed by atoms with Gasteiger partial charge >= 0.3 is 0 Å². The second-order valence-corrected chi connectivity index (χ2v) is 5.47. The van der Waals surface area contributed by atoms with E-state index in [1.54, 1.807) is 13.2 Å². The van der Waals surface area contributed by atoms with Crippen LogP contribution in [0.3, 0.4) is 0 Å². The van der Waals surface area contributed by atoms with E-state index in [-0.39, 0.29) is 5.56 Å². The maximum absolute atomic E-state index is 13.7. The first-order valence-corrected chi connectivity index (χ1v) is 7.02. The Labute approximate surface area is 118 Å². The molecule has 2 rings (SSSR count). The lowest BCUT2D eigenvalue weighted by atomic mass is 9.97. The number of nitrogens with two attached hydrogens (primary N) is 1. The normalized spacial score (nSPS) is 21.9. The summed E-state index contributed by atoms with van der Waals surface area (Å²) in [6.07, 6.45) is 2.24. The first-order chi connectivity index (χ1) is 9.61. The van der Waals surface area contributed by atoms with Crippen molar-refractivity contribution in [3.63, 3.8) is 0 Å². The molecule has 3 nitrogen and oxygen atoms in total. The van der Waals surface area contributed by atoms with Crippen LogP contribution < -0.4 is 5.73 Å². The number of piperidine rings is 1. The molecule has 1 aliphatic heterocycles. The number of likely N-dealkylation sites (tertiary alicyclic amines) is 1. The summed E-state index contributed by atoms with van der Waals surface area (Å²) in [7, 11) is 1.70. The summed E-state index contributed by atoms with van der Waals surface area (Å²) in [5, 5.41) is 0. The summed E-state index contributed by atoms with van der Waals surface area (Å²) in [6.45, 7) is 3.13. The van der Waals surface area contributed by atoms with Gasteiger partial charge in [0.05, 0.1) is 6.61 Å². The number of halogens is 2. The van der Waals surface area contributed by atoms with Crippen molar-refractivity contribution in [2.75, 3.05) is 33.4 Å². The van der Waals surface area contributed by atoms with Crippen LogP contribution >= 0.6 is 0 Å². The van der Waals surface area contributed by atoms with Gasteiger partial charge in [-0.05, 0) is 31.4 Å². The van der Waals surface area contributed by atoms with Gasteiger partial charge in [-0.15, -0.1) is 0 Å². The zero-order valence-electron chi connectivity index (χ0n) is 11.8. The number of ether oxygens (including phenoxy) is 1. The summed E-state index contributed by atoms with van der Waals surface area (Å²) >= 11 is 0. The van der Waals surface area contributed by atoms with E-state index in [9.17, 15) is 8.78 Å². The van der Waals surface area contributed by atoms with Crippen LogP contribution in [0.5, 0.6) is 0 Å². The first kappa shape index (κ1) is 15.4. The largest absolute Gasteiger partial charge is 0.384 e. The van der Waals surface area contributed by atoms with Crippen molar-refractivity contribution in [3.05, 3.63) is 35.4 Å². The van der Waals surface area contributed by atoms with E-state index < -0.39 is 17.7 Å². The van der Waals surface area contributed by atoms with Crippen molar-refractivity contribution in [3.8, 4) is 0 Å². The van der Waals surface area contributed by atoms with Crippen molar-refractivity contribution in [2.45, 2.75) is 18.9 Å². The Morgan fingerprint density at radius 2 is 2.25 bits per heavy atom. The van der Waals surface area contributed by atoms with E-state index >= 15 is 0 Å². The van der Waals surface area contributed by atoms with Gasteiger partial charge in [-0.3, -0.25) is 0 Å². The van der Waals surface area contributed by atoms with Crippen LogP contribution in [0.15, 0.2) is 18.2 Å². The zero-order valence-corrected chi connectivity index (χ0v) is 11.8. The summed E-state index contributed by atoms with van der Waals surface area (Å²) in [4.78, 5) is 2.21. The minimum atomic E-state index is -0.839. The SMILES string of the molecule is COCC1CCCN(CC(N)c2cccc(F)c2F)C1. The Kier molecular flexibility index (Phi) is 5.46. The maximum atomic E-state index is 13.7. The number of hydrogen-bond acceptors (Lipinski definition) is 3. The third kappa shape index (κ3) is 3.75. The third-order valence-electron chi connectivity index (χ3n) is 3.84. The van der Waals surface area contributed by atoms with E-state index in [4.69, 9.17) is 10.5 Å². The molecular weight excluding hydrogens is 262 g/mol. The third-order valence-corrected chi connectivity index (χ3v) is 3.84. The van der Waals surface area contributed by atoms with Crippen LogP contribution in [-0.2, 0) is 4.74 Å². The monoisotopic (exact) mass is 284 g/mol. The van der Waals surface area contributed by atoms with Gasteiger partial charge in [-0.1, -0.05) is 12.1 Å². The van der Waals surface area contributed by atoms with Crippen molar-refractivity contribution in [1.29, 1.82) is 0 Å². The molecule has 0 spiro atoms.